The minimum atomic E-state index is -0.434. The van der Waals surface area contributed by atoms with Gasteiger partial charge in [-0.3, -0.25) is 4.79 Å². The van der Waals surface area contributed by atoms with Gasteiger partial charge in [0.1, 0.15) is 5.75 Å². The summed E-state index contributed by atoms with van der Waals surface area (Å²) in [5.41, 5.74) is 0. The first-order valence-corrected chi connectivity index (χ1v) is 7.47. The quantitative estimate of drug-likeness (QED) is 0.919. The Bertz CT molecular complexity index is 513. The van der Waals surface area contributed by atoms with Crippen molar-refractivity contribution in [2.45, 2.75) is 18.9 Å². The molecule has 0 aliphatic carbocycles. The molecule has 1 aromatic carbocycles. The molecule has 1 aliphatic rings. The average molecular weight is 327 g/mol. The highest BCUT2D eigenvalue weighted by atomic mass is 35.5. The number of piperidine rings is 1. The van der Waals surface area contributed by atoms with Crippen molar-refractivity contribution in [3.05, 3.63) is 29.3 Å². The monoisotopic (exact) mass is 326 g/mol. The summed E-state index contributed by atoms with van der Waals surface area (Å²) in [6.45, 7) is 1.19. The molecular weight excluding hydrogens is 308 g/mol. The van der Waals surface area contributed by atoms with Crippen molar-refractivity contribution in [2.24, 2.45) is 0 Å². The molecule has 0 unspecified atom stereocenters. The second kappa shape index (κ2) is 7.89. The summed E-state index contributed by atoms with van der Waals surface area (Å²) < 4.78 is 10.0. The van der Waals surface area contributed by atoms with Crippen molar-refractivity contribution in [2.75, 3.05) is 26.8 Å². The van der Waals surface area contributed by atoms with Gasteiger partial charge in [0.15, 0.2) is 6.61 Å². The summed E-state index contributed by atoms with van der Waals surface area (Å²) in [6, 6.07) is 6.93. The molecule has 7 heteroatoms. The van der Waals surface area contributed by atoms with E-state index >= 15 is 0 Å². The molecule has 0 radical (unpaired) electrons. The lowest BCUT2D eigenvalue weighted by Gasteiger charge is -2.32. The van der Waals surface area contributed by atoms with Crippen LogP contribution in [0, 0.1) is 0 Å². The predicted octanol–water partition coefficient (Wildman–Crippen LogP) is 2.07. The van der Waals surface area contributed by atoms with Gasteiger partial charge >= 0.3 is 6.09 Å². The fraction of sp³-hybridized carbons (Fsp3) is 0.467. The van der Waals surface area contributed by atoms with E-state index < -0.39 is 6.09 Å². The van der Waals surface area contributed by atoms with Crippen LogP contribution in [0.5, 0.6) is 5.75 Å². The number of amides is 2. The van der Waals surface area contributed by atoms with Crippen LogP contribution in [0.25, 0.3) is 0 Å². The Kier molecular flexibility index (Phi) is 5.89. The largest absolute Gasteiger partial charge is 0.484 e. The van der Waals surface area contributed by atoms with E-state index in [9.17, 15) is 9.59 Å². The number of rotatable bonds is 4. The van der Waals surface area contributed by atoms with Gasteiger partial charge in [0.2, 0.25) is 0 Å². The van der Waals surface area contributed by atoms with Crippen LogP contribution in [0.2, 0.25) is 5.02 Å². The van der Waals surface area contributed by atoms with Crippen molar-refractivity contribution in [3.8, 4) is 5.75 Å². The van der Waals surface area contributed by atoms with Crippen LogP contribution in [-0.2, 0) is 9.53 Å². The minimum absolute atomic E-state index is 0.00324. The molecule has 22 heavy (non-hydrogen) atoms. The second-order valence-electron chi connectivity index (χ2n) is 5.03. The first kappa shape index (κ1) is 16.4. The van der Waals surface area contributed by atoms with E-state index in [1.165, 1.54) is 7.11 Å². The van der Waals surface area contributed by atoms with Gasteiger partial charge in [-0.1, -0.05) is 11.6 Å². The topological polar surface area (TPSA) is 67.9 Å². The number of halogens is 1. The van der Waals surface area contributed by atoms with E-state index in [4.69, 9.17) is 16.3 Å². The van der Waals surface area contributed by atoms with Gasteiger partial charge in [0.05, 0.1) is 7.11 Å². The van der Waals surface area contributed by atoms with Crippen LogP contribution >= 0.6 is 11.6 Å². The number of hydrogen-bond acceptors (Lipinski definition) is 4. The van der Waals surface area contributed by atoms with Gasteiger partial charge in [0, 0.05) is 24.2 Å². The molecule has 0 bridgehead atoms. The van der Waals surface area contributed by atoms with Gasteiger partial charge in [0.25, 0.3) is 5.91 Å². The van der Waals surface area contributed by atoms with Gasteiger partial charge in [-0.05, 0) is 37.1 Å². The first-order valence-electron chi connectivity index (χ1n) is 7.09. The fourth-order valence-electron chi connectivity index (χ4n) is 2.27. The zero-order valence-electron chi connectivity index (χ0n) is 12.4. The van der Waals surface area contributed by atoms with Crippen LogP contribution in [-0.4, -0.2) is 49.7 Å². The Morgan fingerprint density at radius 3 is 2.50 bits per heavy atom. The van der Waals surface area contributed by atoms with Crippen LogP contribution in [0.1, 0.15) is 12.8 Å². The number of nitrogens with one attached hydrogen (secondary N) is 1. The summed E-state index contributed by atoms with van der Waals surface area (Å²) in [5, 5.41) is 3.37. The molecule has 0 aromatic heterocycles. The molecule has 0 atom stereocenters. The second-order valence-corrected chi connectivity index (χ2v) is 5.47. The maximum atomic E-state index is 12.1. The molecule has 2 rings (SSSR count). The summed E-state index contributed by atoms with van der Waals surface area (Å²) in [5.74, 6) is 0.548. The third-order valence-electron chi connectivity index (χ3n) is 3.53. The van der Waals surface area contributed by atoms with E-state index in [1.54, 1.807) is 29.2 Å². The number of carbonyl (C=O) groups is 2. The number of nitrogens with zero attached hydrogens (tertiary/aromatic N) is 1. The number of alkyl carbamates (subject to hydrolysis) is 1. The summed E-state index contributed by atoms with van der Waals surface area (Å²) >= 11 is 5.79. The molecule has 1 heterocycles. The highest BCUT2D eigenvalue weighted by molar-refractivity contribution is 6.30. The van der Waals surface area contributed by atoms with E-state index in [0.717, 1.165) is 0 Å². The average Bonchev–Trinajstić information content (AvgIpc) is 2.54. The molecule has 0 spiro atoms. The van der Waals surface area contributed by atoms with E-state index in [1.807, 2.05) is 0 Å². The number of carbonyl (C=O) groups excluding carboxylic acids is 2. The molecule has 120 valence electrons. The normalized spacial score (nSPS) is 15.3. The van der Waals surface area contributed by atoms with Gasteiger partial charge < -0.3 is 19.7 Å². The Morgan fingerprint density at radius 2 is 1.91 bits per heavy atom. The zero-order valence-corrected chi connectivity index (χ0v) is 13.1. The van der Waals surface area contributed by atoms with Crippen LogP contribution < -0.4 is 10.1 Å². The van der Waals surface area contributed by atoms with E-state index in [0.29, 0.717) is 36.7 Å². The highest BCUT2D eigenvalue weighted by Crippen LogP contribution is 2.16. The van der Waals surface area contributed by atoms with Crippen molar-refractivity contribution in [1.82, 2.24) is 10.2 Å². The molecule has 1 aromatic rings. The lowest BCUT2D eigenvalue weighted by atomic mass is 10.1. The fourth-order valence-corrected chi connectivity index (χ4v) is 2.39. The Hall–Kier alpha value is -1.95. The van der Waals surface area contributed by atoms with Crippen molar-refractivity contribution in [1.29, 1.82) is 0 Å². The standard InChI is InChI=1S/C15H19ClN2O4/c1-21-15(20)17-12-6-8-18(9-7-12)14(19)10-22-13-4-2-11(16)3-5-13/h2-5,12H,6-10H2,1H3,(H,17,20). The highest BCUT2D eigenvalue weighted by Gasteiger charge is 2.24. The Labute approximate surface area is 134 Å². The zero-order chi connectivity index (χ0) is 15.9. The minimum Gasteiger partial charge on any atom is -0.484 e. The number of ether oxygens (including phenoxy) is 2. The lowest BCUT2D eigenvalue weighted by molar-refractivity contribution is -0.134. The Morgan fingerprint density at radius 1 is 1.27 bits per heavy atom. The maximum absolute atomic E-state index is 12.1. The lowest BCUT2D eigenvalue weighted by Crippen LogP contribution is -2.47. The molecular formula is C15H19ClN2O4. The van der Waals surface area contributed by atoms with Crippen LogP contribution in [0.4, 0.5) is 4.79 Å². The predicted molar refractivity (Wildman–Crippen MR) is 82.1 cm³/mol. The van der Waals surface area contributed by atoms with Gasteiger partial charge in [-0.2, -0.15) is 0 Å². The van der Waals surface area contributed by atoms with Crippen LogP contribution in [0.15, 0.2) is 24.3 Å². The molecule has 1 fully saturated rings. The third kappa shape index (κ3) is 4.80. The van der Waals surface area contributed by atoms with E-state index in [-0.39, 0.29) is 18.6 Å². The molecule has 0 saturated carbocycles. The maximum Gasteiger partial charge on any atom is 0.407 e. The summed E-state index contributed by atoms with van der Waals surface area (Å²) in [7, 11) is 1.34. The number of methoxy groups -OCH3 is 1. The number of hydrogen-bond donors (Lipinski definition) is 1. The summed E-state index contributed by atoms with van der Waals surface area (Å²) in [4.78, 5) is 25.0. The first-order chi connectivity index (χ1) is 10.6. The Balaban J connectivity index is 1.73. The molecule has 2 amide bonds. The SMILES string of the molecule is COC(=O)NC1CCN(C(=O)COc2ccc(Cl)cc2)CC1. The molecule has 1 aliphatic heterocycles. The number of benzene rings is 1. The number of likely N-dealkylation sites (tertiary alicyclic amines) is 1. The van der Waals surface area contributed by atoms with Crippen molar-refractivity contribution in [3.63, 3.8) is 0 Å². The van der Waals surface area contributed by atoms with Crippen molar-refractivity contribution >= 4 is 23.6 Å². The van der Waals surface area contributed by atoms with Crippen LogP contribution in [0.3, 0.4) is 0 Å². The molecule has 1 N–H and O–H groups in total. The van der Waals surface area contributed by atoms with Gasteiger partial charge in [-0.25, -0.2) is 4.79 Å². The van der Waals surface area contributed by atoms with E-state index in [2.05, 4.69) is 10.1 Å². The smallest absolute Gasteiger partial charge is 0.407 e. The summed E-state index contributed by atoms with van der Waals surface area (Å²) in [6.07, 6.45) is 0.986. The third-order valence-corrected chi connectivity index (χ3v) is 3.78. The molecule has 1 saturated heterocycles. The molecule has 6 nitrogen and oxygen atoms in total. The van der Waals surface area contributed by atoms with Gasteiger partial charge in [-0.15, -0.1) is 0 Å². The van der Waals surface area contributed by atoms with Crippen molar-refractivity contribution < 1.29 is 19.1 Å².